The van der Waals surface area contributed by atoms with Gasteiger partial charge in [0.1, 0.15) is 18.1 Å². The van der Waals surface area contributed by atoms with Crippen LogP contribution in [0.15, 0.2) is 36.7 Å². The van der Waals surface area contributed by atoms with Gasteiger partial charge in [-0.1, -0.05) is 0 Å². The molecule has 3 aromatic rings. The van der Waals surface area contributed by atoms with Gasteiger partial charge in [0.2, 0.25) is 10.0 Å². The van der Waals surface area contributed by atoms with Gasteiger partial charge >= 0.3 is 0 Å². The molecular weight excluding hydrogens is 488 g/mol. The Balaban J connectivity index is 1.42. The molecule has 0 N–H and O–H groups in total. The van der Waals surface area contributed by atoms with Crippen molar-refractivity contribution in [2.75, 3.05) is 34.7 Å². The van der Waals surface area contributed by atoms with Crippen LogP contribution in [0.2, 0.25) is 0 Å². The Kier molecular flexibility index (Phi) is 6.50. The summed E-state index contributed by atoms with van der Waals surface area (Å²) in [5.41, 5.74) is 1.97. The lowest BCUT2D eigenvalue weighted by Crippen LogP contribution is -2.38. The molecule has 0 unspecified atom stereocenters. The highest BCUT2D eigenvalue weighted by Crippen LogP contribution is 2.39. The van der Waals surface area contributed by atoms with Crippen LogP contribution in [-0.2, 0) is 16.4 Å². The molecule has 4 heterocycles. The molecule has 2 aliphatic rings. The lowest BCUT2D eigenvalue weighted by Gasteiger charge is -2.34. The van der Waals surface area contributed by atoms with Crippen molar-refractivity contribution in [3.8, 4) is 17.0 Å². The molecule has 36 heavy (non-hydrogen) atoms. The largest absolute Gasteiger partial charge is 0.486 e. The van der Waals surface area contributed by atoms with Crippen molar-refractivity contribution in [1.29, 1.82) is 0 Å². The highest BCUT2D eigenvalue weighted by atomic mass is 32.2. The first kappa shape index (κ1) is 24.4. The van der Waals surface area contributed by atoms with E-state index in [2.05, 4.69) is 15.0 Å². The number of nitrogens with zero attached hydrogens (tertiary/aromatic N) is 5. The van der Waals surface area contributed by atoms with Crippen LogP contribution < -0.4 is 13.9 Å². The number of benzene rings is 1. The molecule has 1 aromatic carbocycles. The average molecular weight is 516 g/mol. The summed E-state index contributed by atoms with van der Waals surface area (Å²) in [5.74, 6) is -0.631. The third-order valence-electron chi connectivity index (χ3n) is 6.39. The van der Waals surface area contributed by atoms with E-state index in [1.54, 1.807) is 18.2 Å². The molecular formula is C25H27F2N5O3S. The van der Waals surface area contributed by atoms with Crippen molar-refractivity contribution in [2.45, 2.75) is 39.2 Å². The first-order chi connectivity index (χ1) is 17.2. The summed E-state index contributed by atoms with van der Waals surface area (Å²) < 4.78 is 61.3. The number of rotatable bonds is 5. The number of hydrogen-bond acceptors (Lipinski definition) is 7. The normalized spacial score (nSPS) is 17.1. The summed E-state index contributed by atoms with van der Waals surface area (Å²) in [6.07, 6.45) is 4.25. The number of hydrogen-bond donors (Lipinski definition) is 0. The number of sulfonamides is 1. The lowest BCUT2D eigenvalue weighted by molar-refractivity contribution is 0.287. The first-order valence-corrected chi connectivity index (χ1v) is 13.5. The highest BCUT2D eigenvalue weighted by molar-refractivity contribution is 7.92. The van der Waals surface area contributed by atoms with E-state index in [4.69, 9.17) is 4.74 Å². The van der Waals surface area contributed by atoms with E-state index in [1.807, 2.05) is 18.7 Å². The van der Waals surface area contributed by atoms with Gasteiger partial charge in [0.25, 0.3) is 0 Å². The molecule has 2 aliphatic heterocycles. The van der Waals surface area contributed by atoms with Gasteiger partial charge in [-0.2, -0.15) is 0 Å². The van der Waals surface area contributed by atoms with E-state index >= 15 is 0 Å². The summed E-state index contributed by atoms with van der Waals surface area (Å²) in [5, 5.41) is 0. The predicted molar refractivity (Wildman–Crippen MR) is 133 cm³/mol. The maximum absolute atomic E-state index is 14.9. The molecule has 1 fully saturated rings. The zero-order valence-electron chi connectivity index (χ0n) is 20.1. The van der Waals surface area contributed by atoms with Gasteiger partial charge in [0, 0.05) is 23.8 Å². The molecule has 0 bridgehead atoms. The Morgan fingerprint density at radius 2 is 1.89 bits per heavy atom. The number of ether oxygens (including phenoxy) is 1. The van der Waals surface area contributed by atoms with Gasteiger partial charge in [0.05, 0.1) is 42.5 Å². The predicted octanol–water partition coefficient (Wildman–Crippen LogP) is 3.94. The van der Waals surface area contributed by atoms with E-state index in [0.717, 1.165) is 12.6 Å². The van der Waals surface area contributed by atoms with Crippen molar-refractivity contribution in [3.63, 3.8) is 0 Å². The molecule has 0 saturated carbocycles. The molecule has 2 aromatic heterocycles. The smallest absolute Gasteiger partial charge is 0.235 e. The summed E-state index contributed by atoms with van der Waals surface area (Å²) in [6.45, 7) is 5.42. The van der Waals surface area contributed by atoms with Gasteiger partial charge < -0.3 is 9.64 Å². The molecule has 190 valence electrons. The fourth-order valence-electron chi connectivity index (χ4n) is 4.58. The van der Waals surface area contributed by atoms with Crippen molar-refractivity contribution in [2.24, 2.45) is 0 Å². The van der Waals surface area contributed by atoms with Crippen molar-refractivity contribution in [3.05, 3.63) is 59.8 Å². The molecule has 0 aliphatic carbocycles. The second-order valence-corrected chi connectivity index (χ2v) is 11.2. The monoisotopic (exact) mass is 515 g/mol. The van der Waals surface area contributed by atoms with E-state index in [1.165, 1.54) is 16.6 Å². The lowest BCUT2D eigenvalue weighted by atomic mass is 10.1. The molecule has 8 nitrogen and oxygen atoms in total. The minimum atomic E-state index is -3.33. The van der Waals surface area contributed by atoms with Crippen LogP contribution in [0.5, 0.6) is 5.75 Å². The van der Waals surface area contributed by atoms with Crippen LogP contribution in [0, 0.1) is 11.6 Å². The quantitative estimate of drug-likeness (QED) is 0.509. The average Bonchev–Trinajstić information content (AvgIpc) is 2.85. The SMILES string of the molecule is CC(C)N1CCOc2c(F)cc(-c3nc(Cc4ccc(N5CCCCS5(=O)=O)cn4)ncc3F)cc21. The molecule has 0 radical (unpaired) electrons. The summed E-state index contributed by atoms with van der Waals surface area (Å²) in [6, 6.07) is 6.45. The van der Waals surface area contributed by atoms with Gasteiger partial charge in [-0.3, -0.25) is 9.29 Å². The standard InChI is InChI=1S/C25H27F2N5O3S/c1-16(2)31-8-9-35-25-20(26)11-17(12-22(25)31)24-21(27)15-29-23(30-24)13-18-5-6-19(14-28-18)32-7-3-4-10-36(32,33)34/h5-6,11-12,14-16H,3-4,7-10,13H2,1-2H3. The minimum Gasteiger partial charge on any atom is -0.486 e. The number of pyridine rings is 1. The minimum absolute atomic E-state index is 0.00740. The van der Waals surface area contributed by atoms with Crippen molar-refractivity contribution >= 4 is 21.4 Å². The summed E-state index contributed by atoms with van der Waals surface area (Å²) >= 11 is 0. The second-order valence-electron chi connectivity index (χ2n) is 9.20. The molecule has 0 amide bonds. The maximum Gasteiger partial charge on any atom is 0.235 e. The molecule has 5 rings (SSSR count). The fourth-order valence-corrected chi connectivity index (χ4v) is 6.20. The summed E-state index contributed by atoms with van der Waals surface area (Å²) in [7, 11) is -3.33. The van der Waals surface area contributed by atoms with E-state index in [9.17, 15) is 17.2 Å². The zero-order chi connectivity index (χ0) is 25.4. The molecule has 0 spiro atoms. The van der Waals surface area contributed by atoms with Gasteiger partial charge in [-0.05, 0) is 51.0 Å². The van der Waals surface area contributed by atoms with E-state index in [0.29, 0.717) is 54.6 Å². The van der Waals surface area contributed by atoms with E-state index < -0.39 is 21.7 Å². The Bertz CT molecular complexity index is 1380. The third-order valence-corrected chi connectivity index (χ3v) is 8.26. The maximum atomic E-state index is 14.9. The first-order valence-electron chi connectivity index (χ1n) is 11.9. The van der Waals surface area contributed by atoms with Gasteiger partial charge in [-0.15, -0.1) is 0 Å². The number of aromatic nitrogens is 3. The van der Waals surface area contributed by atoms with Crippen LogP contribution in [0.25, 0.3) is 11.3 Å². The number of halogens is 2. The highest BCUT2D eigenvalue weighted by Gasteiger charge is 2.27. The van der Waals surface area contributed by atoms with Gasteiger partial charge in [0.15, 0.2) is 17.4 Å². The van der Waals surface area contributed by atoms with Crippen LogP contribution in [-0.4, -0.2) is 54.9 Å². The fraction of sp³-hybridized carbons (Fsp3) is 0.400. The Labute approximate surface area is 209 Å². The number of fused-ring (bicyclic) bond motifs is 1. The molecule has 0 atom stereocenters. The van der Waals surface area contributed by atoms with Crippen LogP contribution in [0.3, 0.4) is 0 Å². The van der Waals surface area contributed by atoms with E-state index in [-0.39, 0.29) is 29.7 Å². The second kappa shape index (κ2) is 9.61. The van der Waals surface area contributed by atoms with Crippen LogP contribution >= 0.6 is 0 Å². The molecule has 1 saturated heterocycles. The summed E-state index contributed by atoms with van der Waals surface area (Å²) in [4.78, 5) is 14.9. The Hall–Kier alpha value is -3.34. The third kappa shape index (κ3) is 4.71. The van der Waals surface area contributed by atoms with Crippen molar-refractivity contribution in [1.82, 2.24) is 15.0 Å². The Morgan fingerprint density at radius 1 is 1.06 bits per heavy atom. The van der Waals surface area contributed by atoms with Crippen LogP contribution in [0.4, 0.5) is 20.2 Å². The molecule has 11 heteroatoms. The Morgan fingerprint density at radius 3 is 2.61 bits per heavy atom. The van der Waals surface area contributed by atoms with Crippen molar-refractivity contribution < 1.29 is 21.9 Å². The zero-order valence-corrected chi connectivity index (χ0v) is 20.9. The number of anilines is 2. The van der Waals surface area contributed by atoms with Crippen LogP contribution in [0.1, 0.15) is 38.2 Å². The van der Waals surface area contributed by atoms with Gasteiger partial charge in [-0.25, -0.2) is 27.2 Å². The topological polar surface area (TPSA) is 88.5 Å².